The Morgan fingerprint density at radius 1 is 1.34 bits per heavy atom. The van der Waals surface area contributed by atoms with E-state index in [4.69, 9.17) is 14.7 Å². The molecular weight excluding hydrogens is 406 g/mol. The van der Waals surface area contributed by atoms with Crippen LogP contribution < -0.4 is 15.0 Å². The Hall–Kier alpha value is -2.53. The number of halogens is 2. The van der Waals surface area contributed by atoms with Gasteiger partial charge in [0.2, 0.25) is 5.91 Å². The van der Waals surface area contributed by atoms with E-state index in [1.54, 1.807) is 24.3 Å². The average Bonchev–Trinajstić information content (AvgIpc) is 3.27. The molecule has 1 unspecified atom stereocenters. The van der Waals surface area contributed by atoms with E-state index in [2.05, 4.69) is 6.58 Å². The third-order valence-electron chi connectivity index (χ3n) is 4.17. The third kappa shape index (κ3) is 4.91. The number of fused-ring (bicyclic) bond motifs is 2. The Kier molecular flexibility index (Phi) is 6.48. The SMILES string of the molecule is C=CCN(O)C(=O)CCC(F)(F)c1cc2cc3c(cc2s1)OC(/C=C\CNO)O3. The zero-order valence-corrected chi connectivity index (χ0v) is 16.1. The molecule has 10 heteroatoms. The molecule has 1 atom stereocenters. The zero-order chi connectivity index (χ0) is 21.0. The van der Waals surface area contributed by atoms with Crippen LogP contribution in [-0.2, 0) is 10.7 Å². The van der Waals surface area contributed by atoms with Crippen LogP contribution in [0.1, 0.15) is 17.7 Å². The number of amides is 1. The largest absolute Gasteiger partial charge is 0.447 e. The summed E-state index contributed by atoms with van der Waals surface area (Å²) in [6, 6.07) is 4.63. The third-order valence-corrected chi connectivity index (χ3v) is 5.38. The Morgan fingerprint density at radius 2 is 2.07 bits per heavy atom. The van der Waals surface area contributed by atoms with Crippen LogP contribution in [0.25, 0.3) is 10.1 Å². The van der Waals surface area contributed by atoms with Crippen LogP contribution in [-0.4, -0.2) is 40.8 Å². The van der Waals surface area contributed by atoms with Crippen LogP contribution in [0, 0.1) is 0 Å². The van der Waals surface area contributed by atoms with Crippen LogP contribution in [0.15, 0.2) is 43.0 Å². The van der Waals surface area contributed by atoms with Gasteiger partial charge >= 0.3 is 0 Å². The van der Waals surface area contributed by atoms with Gasteiger partial charge in [-0.3, -0.25) is 10.0 Å². The summed E-state index contributed by atoms with van der Waals surface area (Å²) < 4.78 is 41.0. The minimum atomic E-state index is -3.22. The summed E-state index contributed by atoms with van der Waals surface area (Å²) in [6.07, 6.45) is 2.68. The first-order valence-corrected chi connectivity index (χ1v) is 9.58. The number of alkyl halides is 2. The molecular formula is C19H20F2N2O5S. The minimum absolute atomic E-state index is 0.120. The molecule has 0 saturated carbocycles. The fourth-order valence-electron chi connectivity index (χ4n) is 2.74. The monoisotopic (exact) mass is 426 g/mol. The van der Waals surface area contributed by atoms with Gasteiger partial charge in [0.15, 0.2) is 11.5 Å². The van der Waals surface area contributed by atoms with Gasteiger partial charge in [-0.25, -0.2) is 19.3 Å². The Bertz CT molecular complexity index is 888. The molecule has 29 heavy (non-hydrogen) atoms. The molecule has 3 rings (SSSR count). The molecule has 2 aromatic rings. The summed E-state index contributed by atoms with van der Waals surface area (Å²) in [6.45, 7) is 3.49. The van der Waals surface area contributed by atoms with Crippen molar-refractivity contribution in [1.29, 1.82) is 0 Å². The lowest BCUT2D eigenvalue weighted by atomic mass is 10.1. The Morgan fingerprint density at radius 3 is 2.76 bits per heavy atom. The van der Waals surface area contributed by atoms with Gasteiger partial charge in [0.1, 0.15) is 0 Å². The van der Waals surface area contributed by atoms with E-state index < -0.39 is 31.0 Å². The van der Waals surface area contributed by atoms with Crippen molar-refractivity contribution in [3.63, 3.8) is 0 Å². The number of nitrogens with one attached hydrogen (secondary N) is 1. The van der Waals surface area contributed by atoms with Crippen molar-refractivity contribution in [1.82, 2.24) is 10.5 Å². The summed E-state index contributed by atoms with van der Waals surface area (Å²) in [7, 11) is 0. The molecule has 0 radical (unpaired) electrons. The van der Waals surface area contributed by atoms with Gasteiger partial charge in [-0.2, -0.15) is 0 Å². The van der Waals surface area contributed by atoms with Crippen LogP contribution in [0.4, 0.5) is 8.78 Å². The summed E-state index contributed by atoms with van der Waals surface area (Å²) in [4.78, 5) is 11.5. The van der Waals surface area contributed by atoms with Crippen LogP contribution in [0.2, 0.25) is 0 Å². The Labute approximate surface area is 169 Å². The normalized spacial score (nSPS) is 15.9. The second-order valence-corrected chi connectivity index (χ2v) is 7.39. The molecule has 1 aliphatic rings. The summed E-state index contributed by atoms with van der Waals surface area (Å²) in [5, 5.41) is 18.9. The maximum Gasteiger partial charge on any atom is 0.282 e. The van der Waals surface area contributed by atoms with Crippen LogP contribution >= 0.6 is 11.3 Å². The number of nitrogens with zero attached hydrogens (tertiary/aromatic N) is 1. The van der Waals surface area contributed by atoms with Gasteiger partial charge in [0.05, 0.1) is 11.4 Å². The predicted octanol–water partition coefficient (Wildman–Crippen LogP) is 3.81. The highest BCUT2D eigenvalue weighted by molar-refractivity contribution is 7.19. The van der Waals surface area contributed by atoms with E-state index in [1.807, 2.05) is 5.48 Å². The van der Waals surface area contributed by atoms with Gasteiger partial charge in [-0.15, -0.1) is 17.9 Å². The smallest absolute Gasteiger partial charge is 0.282 e. The van der Waals surface area contributed by atoms with Gasteiger partial charge in [-0.05, 0) is 23.6 Å². The molecule has 1 aliphatic heterocycles. The van der Waals surface area contributed by atoms with Crippen molar-refractivity contribution in [3.8, 4) is 11.5 Å². The number of hydroxylamine groups is 3. The fourth-order valence-corrected chi connectivity index (χ4v) is 3.81. The molecule has 1 aromatic carbocycles. The molecule has 156 valence electrons. The first-order chi connectivity index (χ1) is 13.8. The lowest BCUT2D eigenvalue weighted by molar-refractivity contribution is -0.164. The minimum Gasteiger partial charge on any atom is -0.447 e. The van der Waals surface area contributed by atoms with E-state index in [1.165, 1.54) is 12.1 Å². The molecule has 0 spiro atoms. The number of benzene rings is 1. The van der Waals surface area contributed by atoms with Gasteiger partial charge in [0.25, 0.3) is 12.2 Å². The van der Waals surface area contributed by atoms with Gasteiger partial charge < -0.3 is 14.7 Å². The lowest BCUT2D eigenvalue weighted by Gasteiger charge is -2.16. The number of carbonyl (C=O) groups excluding carboxylic acids is 1. The van der Waals surface area contributed by atoms with Crippen LogP contribution in [0.5, 0.6) is 11.5 Å². The van der Waals surface area contributed by atoms with Crippen molar-refractivity contribution >= 4 is 27.3 Å². The highest BCUT2D eigenvalue weighted by Crippen LogP contribution is 2.45. The topological polar surface area (TPSA) is 91.3 Å². The first kappa shape index (κ1) is 21.2. The van der Waals surface area contributed by atoms with E-state index in [-0.39, 0.29) is 18.0 Å². The molecule has 0 fully saturated rings. The highest BCUT2D eigenvalue weighted by Gasteiger charge is 2.35. The number of hydrogen-bond donors (Lipinski definition) is 3. The number of ether oxygens (including phenoxy) is 2. The highest BCUT2D eigenvalue weighted by atomic mass is 32.1. The average molecular weight is 426 g/mol. The summed E-state index contributed by atoms with van der Waals surface area (Å²) >= 11 is 0.913. The number of rotatable bonds is 9. The predicted molar refractivity (Wildman–Crippen MR) is 103 cm³/mol. The molecule has 0 saturated heterocycles. The molecule has 3 N–H and O–H groups in total. The van der Waals surface area contributed by atoms with E-state index in [9.17, 15) is 18.8 Å². The fraction of sp³-hybridized carbons (Fsp3) is 0.316. The van der Waals surface area contributed by atoms with Crippen LogP contribution in [0.3, 0.4) is 0 Å². The van der Waals surface area contributed by atoms with Gasteiger partial charge in [-0.1, -0.05) is 12.2 Å². The first-order valence-electron chi connectivity index (χ1n) is 8.77. The molecule has 0 bridgehead atoms. The lowest BCUT2D eigenvalue weighted by Crippen LogP contribution is -2.28. The second kappa shape index (κ2) is 8.87. The van der Waals surface area contributed by atoms with Crippen molar-refractivity contribution < 1.29 is 33.5 Å². The molecule has 1 amide bonds. The van der Waals surface area contributed by atoms with Crippen molar-refractivity contribution in [2.75, 3.05) is 13.1 Å². The van der Waals surface area contributed by atoms with Crippen molar-refractivity contribution in [2.24, 2.45) is 0 Å². The maximum atomic E-state index is 14.6. The van der Waals surface area contributed by atoms with E-state index in [0.29, 0.717) is 26.6 Å². The number of hydrogen-bond acceptors (Lipinski definition) is 7. The quantitative estimate of drug-likeness (QED) is 0.321. The number of thiophene rings is 1. The van der Waals surface area contributed by atoms with Gasteiger partial charge in [0, 0.05) is 30.2 Å². The Balaban J connectivity index is 1.71. The molecule has 1 aromatic heterocycles. The standard InChI is InChI=1S/C19H20F2N2O5S/c1-2-8-23(26)17(24)5-6-19(20,21)16-10-12-9-13-14(11-15(12)29-16)28-18(27-13)4-3-7-22-25/h2-4,9-11,18,22,25-26H,1,5-8H2/b4-3-. The zero-order valence-electron chi connectivity index (χ0n) is 15.3. The molecule has 7 nitrogen and oxygen atoms in total. The van der Waals surface area contributed by atoms with Crippen molar-refractivity contribution in [2.45, 2.75) is 25.1 Å². The number of carbonyl (C=O) groups is 1. The summed E-state index contributed by atoms with van der Waals surface area (Å²) in [5.41, 5.74) is 1.98. The molecule has 0 aliphatic carbocycles. The summed E-state index contributed by atoms with van der Waals surface area (Å²) in [5.74, 6) is -3.13. The molecule has 2 heterocycles. The second-order valence-electron chi connectivity index (χ2n) is 6.31. The van der Waals surface area contributed by atoms with Crippen molar-refractivity contribution in [3.05, 3.63) is 47.9 Å². The van der Waals surface area contributed by atoms with E-state index >= 15 is 0 Å². The maximum absolute atomic E-state index is 14.6. The van der Waals surface area contributed by atoms with E-state index in [0.717, 1.165) is 11.3 Å².